The van der Waals surface area contributed by atoms with Gasteiger partial charge in [0.2, 0.25) is 44.0 Å². The summed E-state index contributed by atoms with van der Waals surface area (Å²) >= 11 is 11.9. The first kappa shape index (κ1) is 93.9. The summed E-state index contributed by atoms with van der Waals surface area (Å²) in [4.78, 5) is 58.9. The van der Waals surface area contributed by atoms with Crippen molar-refractivity contribution in [2.45, 2.75) is 17.9 Å². The van der Waals surface area contributed by atoms with Crippen molar-refractivity contribution in [2.24, 2.45) is 4.99 Å². The molecule has 672 valence electrons. The number of thioether (sulfide) groups is 1. The summed E-state index contributed by atoms with van der Waals surface area (Å²) in [6, 6.07) is 76.0. The monoisotopic (exact) mass is 1900 g/mol. The Bertz CT molecular complexity index is 8060. The van der Waals surface area contributed by atoms with Crippen molar-refractivity contribution >= 4 is 198 Å². The first-order valence-electron chi connectivity index (χ1n) is 42.6. The van der Waals surface area contributed by atoms with Crippen molar-refractivity contribution in [2.75, 3.05) is 158 Å². The van der Waals surface area contributed by atoms with Gasteiger partial charge < -0.3 is 43.4 Å². The van der Waals surface area contributed by atoms with Gasteiger partial charge in [-0.1, -0.05) is 17.8 Å². The van der Waals surface area contributed by atoms with E-state index in [1.165, 1.54) is 87.8 Å². The molecule has 1 unspecified atom stereocenters. The van der Waals surface area contributed by atoms with E-state index in [0.29, 0.717) is 22.0 Å². The van der Waals surface area contributed by atoms with Crippen LogP contribution in [0.5, 0.6) is 0 Å². The van der Waals surface area contributed by atoms with Gasteiger partial charge in [-0.15, -0.1) is 68.0 Å². The van der Waals surface area contributed by atoms with Crippen LogP contribution in [0, 0.1) is 17.0 Å². The SMILES string of the molecule is CN(C)c1ccc2nc3ccc(=[N+](C)C)c([N+](=O)[O-])c-3sc2c1.CN(C)c1ccc2nc3ccc(=[N+](C)C)cc-3sc2c1.CN=c1ccc2[nH+]c3ccc(N)cc3sc-2c1.CNC1C=CC2=[NH+]c3ccc(N)cc3SC2=C1.CNc1ccc2nc3ccc(=[N+](C)C)cc-3sc2c1.C[N+](C)=c1ccc2nc3ccc(N)cc3sc-2c1.Cc1cc2nc3ccc(=[N+](C)C)cc-3sc2cc1N. The molecule has 0 fully saturated rings. The Morgan fingerprint density at radius 2 is 0.895 bits per heavy atom. The predicted octanol–water partition coefficient (Wildman–Crippen LogP) is 14.2. The molecule has 21 rings (SSSR count). The number of likely N-dealkylation sites (N-methyl/N-ethyl adjacent to an activating group) is 1. The summed E-state index contributed by atoms with van der Waals surface area (Å²) in [5.74, 6) is 0. The Hall–Kier alpha value is -13.8. The van der Waals surface area contributed by atoms with Gasteiger partial charge in [0.25, 0.3) is 5.36 Å². The quantitative estimate of drug-likeness (QED) is 0.0277. The molecular formula is C102H107N22O2S7+7. The number of nitrogens with two attached hydrogens (primary N) is 4. The first-order chi connectivity index (χ1) is 63.8. The number of aromatic nitrogens is 6. The highest BCUT2D eigenvalue weighted by molar-refractivity contribution is 8.04. The van der Waals surface area contributed by atoms with E-state index in [4.69, 9.17) is 37.9 Å². The lowest BCUT2D eigenvalue weighted by atomic mass is 10.1. The Kier molecular flexibility index (Phi) is 28.9. The Labute approximate surface area is 799 Å². The molecule has 133 heavy (non-hydrogen) atoms. The highest BCUT2D eigenvalue weighted by Gasteiger charge is 2.29. The van der Waals surface area contributed by atoms with Gasteiger partial charge in [0.05, 0.1) is 119 Å². The van der Waals surface area contributed by atoms with Crippen molar-refractivity contribution < 1.29 is 14.9 Å². The lowest BCUT2D eigenvalue weighted by Gasteiger charge is -2.17. The number of nitrogens with one attached hydrogen (secondary N) is 4. The fourth-order valence-corrected chi connectivity index (χ4v) is 21.9. The van der Waals surface area contributed by atoms with Crippen molar-refractivity contribution in [3.8, 4) is 63.4 Å². The second kappa shape index (κ2) is 40.9. The van der Waals surface area contributed by atoms with Crippen LogP contribution in [0.25, 0.3) is 125 Å². The molecule has 12 N–H and O–H groups in total. The average Bonchev–Trinajstić information content (AvgIpc) is 0.780. The number of H-pyrrole nitrogens is 1. The third kappa shape index (κ3) is 22.0. The summed E-state index contributed by atoms with van der Waals surface area (Å²) in [6.07, 6.45) is 6.50. The molecule has 0 radical (unpaired) electrons. The molecule has 7 heterocycles. The lowest BCUT2D eigenvalue weighted by molar-refractivity contribution is -0.385. The van der Waals surface area contributed by atoms with Crippen LogP contribution in [0.3, 0.4) is 0 Å². The minimum Gasteiger partial charge on any atom is -0.399 e. The van der Waals surface area contributed by atoms with Gasteiger partial charge in [-0.25, -0.2) is 57.8 Å². The second-order valence-electron chi connectivity index (χ2n) is 33.1. The van der Waals surface area contributed by atoms with Crippen molar-refractivity contribution in [1.29, 1.82) is 0 Å². The smallest absolute Gasteiger partial charge is 0.358 e. The zero-order chi connectivity index (χ0) is 94.3. The molecule has 7 aromatic rings. The third-order valence-electron chi connectivity index (χ3n) is 22.0. The lowest BCUT2D eigenvalue weighted by Crippen LogP contribution is -2.68. The summed E-state index contributed by atoms with van der Waals surface area (Å²) in [6.45, 7) is 2.01. The highest BCUT2D eigenvalue weighted by Crippen LogP contribution is 2.41. The molecule has 24 nitrogen and oxygen atoms in total. The molecule has 0 saturated heterocycles. The van der Waals surface area contributed by atoms with E-state index in [9.17, 15) is 10.1 Å². The maximum Gasteiger partial charge on any atom is 0.358 e. The van der Waals surface area contributed by atoms with Crippen LogP contribution in [0.2, 0.25) is 0 Å². The normalized spacial score (nSPS) is 12.5. The summed E-state index contributed by atoms with van der Waals surface area (Å²) < 4.78 is 16.9. The predicted molar refractivity (Wildman–Crippen MR) is 569 cm³/mol. The minimum atomic E-state index is -0.322. The van der Waals surface area contributed by atoms with E-state index in [0.717, 1.165) is 131 Å². The Balaban J connectivity index is 0.000000119. The van der Waals surface area contributed by atoms with E-state index in [-0.39, 0.29) is 10.6 Å². The number of nitro groups is 1. The molecule has 7 aliphatic carbocycles. The van der Waals surface area contributed by atoms with E-state index < -0.39 is 0 Å². The van der Waals surface area contributed by atoms with E-state index in [1.807, 2.05) is 159 Å². The molecular weight excluding hydrogens is 1790 g/mol. The maximum atomic E-state index is 11.6. The summed E-state index contributed by atoms with van der Waals surface area (Å²) in [5.41, 5.74) is 45.5. The molecule has 7 aromatic carbocycles. The fourth-order valence-electron chi connectivity index (χ4n) is 14.4. The van der Waals surface area contributed by atoms with Crippen LogP contribution >= 0.6 is 79.8 Å². The standard InChI is InChI=1S/C16H17N4O2S.C16H18N3S.2C15H15N3S.C14H13N3S.C13H13N3S.C13H11N3S/c1-18(2)10-5-6-11-14(9-10)23-16-12(17-11)7-8-13(19(3)4)15(16)20(21)22;1-18(2)11-5-7-13-15(9-11)20-16-10-12(19(3)4)6-8-14(16)17-13;1-16-10-4-6-12-14(8-10)19-15-9-11(18(2)3)5-7-13(15)17-12;1-9-6-13-15(8-11(9)16)19-14-7-10(18(2)3)4-5-12(14)17-13;1-17(2)10-4-6-12-14(8-10)18-13-7-9(15)3-5-11(13)16-12;2*1-15-9-3-5-11-13(7-9)17-12-6-8(14)2-4-10(12)16-11/h5-9H,1-4H3;5-10H,1-4H3;4-9H,1-3H3;4-8,16H,1-3H3;3-8,15H,1-2H3;2-7,9,15H,14H2,1H3;2-7H,14H2,1H3/q2*+1;;;;;/p+5. The number of hydrogen-bond donors (Lipinski definition) is 7. The zero-order valence-corrected chi connectivity index (χ0v) is 83.1. The highest BCUT2D eigenvalue weighted by atomic mass is 32.2. The van der Waals surface area contributed by atoms with Gasteiger partial charge in [-0.05, 0) is 177 Å². The molecule has 0 bridgehead atoms. The molecule has 1 atom stereocenters. The second-order valence-corrected chi connectivity index (χ2v) is 40.7. The van der Waals surface area contributed by atoms with E-state index >= 15 is 0 Å². The molecule has 0 amide bonds. The number of aryl methyl sites for hydroxylation is 1. The summed E-state index contributed by atoms with van der Waals surface area (Å²) in [7, 11) is 33.8. The third-order valence-corrected chi connectivity index (χ3v) is 29.8. The van der Waals surface area contributed by atoms with Crippen LogP contribution in [-0.4, -0.2) is 161 Å². The number of nitrogen functional groups attached to an aromatic ring is 4. The number of aromatic amines is 1. The van der Waals surface area contributed by atoms with Crippen molar-refractivity contribution in [1.82, 2.24) is 53.1 Å². The zero-order valence-electron chi connectivity index (χ0n) is 77.4. The number of nitrogens with zero attached hydrogens (tertiary/aromatic N) is 14. The largest absolute Gasteiger partial charge is 0.399 e. The van der Waals surface area contributed by atoms with Gasteiger partial charge in [0, 0.05) is 167 Å². The molecule has 0 aromatic heterocycles. The Morgan fingerprint density at radius 1 is 0.444 bits per heavy atom. The van der Waals surface area contributed by atoms with Crippen molar-refractivity contribution in [3.63, 3.8) is 0 Å². The van der Waals surface area contributed by atoms with Crippen LogP contribution in [0.15, 0.2) is 257 Å². The maximum absolute atomic E-state index is 11.6. The topological polar surface area (TPSA) is 298 Å². The number of nitro benzene ring substituents is 1. The number of fused-ring (bicyclic) bond motifs is 14. The number of allylic oxidation sites excluding steroid dienone is 2. The summed E-state index contributed by atoms with van der Waals surface area (Å²) in [5, 5.41) is 24.4. The number of anilines is 7. The van der Waals surface area contributed by atoms with Crippen molar-refractivity contribution in [3.05, 3.63) is 295 Å². The van der Waals surface area contributed by atoms with Gasteiger partial charge in [0.1, 0.15) is 84.9 Å². The minimum absolute atomic E-state index is 0.113. The Morgan fingerprint density at radius 3 is 1.40 bits per heavy atom. The average molecular weight is 1900 g/mol. The number of hydrogen-bond acceptors (Lipinski definition) is 23. The molecule has 0 spiro atoms. The van der Waals surface area contributed by atoms with Gasteiger partial charge in [-0.3, -0.25) is 15.1 Å². The first-order valence-corrected chi connectivity index (χ1v) is 48.3. The van der Waals surface area contributed by atoms with Crippen LogP contribution < -0.4 is 108 Å². The number of rotatable bonds is 5. The van der Waals surface area contributed by atoms with Gasteiger partial charge >= 0.3 is 5.69 Å². The molecule has 14 aliphatic rings. The molecule has 7 aliphatic heterocycles. The van der Waals surface area contributed by atoms with Gasteiger partial charge in [-0.2, -0.15) is 0 Å². The van der Waals surface area contributed by atoms with Crippen LogP contribution in [0.1, 0.15) is 5.56 Å². The van der Waals surface area contributed by atoms with E-state index in [2.05, 4.69) is 247 Å². The molecule has 31 heteroatoms. The van der Waals surface area contributed by atoms with Crippen LogP contribution in [0.4, 0.5) is 51.2 Å². The molecule has 0 saturated carbocycles. The number of benzene rings is 13. The van der Waals surface area contributed by atoms with E-state index in [1.54, 1.807) is 100 Å². The van der Waals surface area contributed by atoms with Gasteiger partial charge in [0.15, 0.2) is 0 Å². The van der Waals surface area contributed by atoms with Crippen LogP contribution in [-0.2, 0) is 0 Å². The fraction of sp³-hybridized carbons (Fsp3) is 0.186.